The van der Waals surface area contributed by atoms with Crippen molar-refractivity contribution in [3.05, 3.63) is 70.5 Å². The monoisotopic (exact) mass is 304 g/mol. The molecule has 4 heteroatoms. The second-order valence-electron chi connectivity index (χ2n) is 5.34. The fourth-order valence-electron chi connectivity index (χ4n) is 2.82. The van der Waals surface area contributed by atoms with E-state index in [1.807, 2.05) is 18.2 Å². The Morgan fingerprint density at radius 2 is 2.00 bits per heavy atom. The average molecular weight is 305 g/mol. The molecular formula is C17H18ClFN2. The van der Waals surface area contributed by atoms with E-state index in [1.165, 1.54) is 11.6 Å². The molecule has 1 aliphatic heterocycles. The van der Waals surface area contributed by atoms with Gasteiger partial charge in [0, 0.05) is 42.8 Å². The Morgan fingerprint density at radius 1 is 1.19 bits per heavy atom. The van der Waals surface area contributed by atoms with Gasteiger partial charge in [0.05, 0.1) is 0 Å². The number of nitrogens with one attached hydrogen (secondary N) is 1. The number of halogens is 2. The summed E-state index contributed by atoms with van der Waals surface area (Å²) < 4.78 is 14.0. The SMILES string of the molecule is Fc1ccc(Cl)cc1CN1CCNCC1c1ccccc1. The minimum atomic E-state index is -0.190. The normalized spacial score (nSPS) is 19.6. The minimum absolute atomic E-state index is 0.190. The maximum absolute atomic E-state index is 14.0. The lowest BCUT2D eigenvalue weighted by Crippen LogP contribution is -2.45. The Bertz CT molecular complexity index is 603. The van der Waals surface area contributed by atoms with Crippen LogP contribution in [0, 0.1) is 5.82 Å². The van der Waals surface area contributed by atoms with Crippen molar-refractivity contribution < 1.29 is 4.39 Å². The lowest BCUT2D eigenvalue weighted by Gasteiger charge is -2.36. The van der Waals surface area contributed by atoms with Gasteiger partial charge in [-0.1, -0.05) is 41.9 Å². The van der Waals surface area contributed by atoms with E-state index in [0.717, 1.165) is 19.6 Å². The largest absolute Gasteiger partial charge is 0.314 e. The fraction of sp³-hybridized carbons (Fsp3) is 0.294. The van der Waals surface area contributed by atoms with Gasteiger partial charge < -0.3 is 5.32 Å². The molecule has 1 heterocycles. The average Bonchev–Trinajstić information content (AvgIpc) is 2.52. The van der Waals surface area contributed by atoms with Crippen molar-refractivity contribution in [1.29, 1.82) is 0 Å². The van der Waals surface area contributed by atoms with Crippen LogP contribution in [0.3, 0.4) is 0 Å². The van der Waals surface area contributed by atoms with E-state index in [4.69, 9.17) is 11.6 Å². The van der Waals surface area contributed by atoms with Crippen LogP contribution < -0.4 is 5.32 Å². The molecule has 3 rings (SSSR count). The molecule has 0 spiro atoms. The number of piperazine rings is 1. The summed E-state index contributed by atoms with van der Waals surface area (Å²) in [6.45, 7) is 3.27. The van der Waals surface area contributed by atoms with Crippen molar-refractivity contribution in [3.8, 4) is 0 Å². The first-order valence-electron chi connectivity index (χ1n) is 7.17. The highest BCUT2D eigenvalue weighted by Crippen LogP contribution is 2.25. The van der Waals surface area contributed by atoms with Gasteiger partial charge in [-0.25, -0.2) is 4.39 Å². The molecule has 0 aliphatic carbocycles. The van der Waals surface area contributed by atoms with E-state index in [-0.39, 0.29) is 11.9 Å². The molecule has 21 heavy (non-hydrogen) atoms. The Morgan fingerprint density at radius 3 is 2.81 bits per heavy atom. The third kappa shape index (κ3) is 3.43. The molecule has 2 aromatic carbocycles. The van der Waals surface area contributed by atoms with Crippen molar-refractivity contribution in [2.45, 2.75) is 12.6 Å². The summed E-state index contributed by atoms with van der Waals surface area (Å²) in [5, 5.41) is 3.99. The number of hydrogen-bond donors (Lipinski definition) is 1. The maximum atomic E-state index is 14.0. The summed E-state index contributed by atoms with van der Waals surface area (Å²) in [5.41, 5.74) is 1.91. The maximum Gasteiger partial charge on any atom is 0.127 e. The fourth-order valence-corrected chi connectivity index (χ4v) is 3.02. The Kier molecular flexibility index (Phi) is 4.54. The lowest BCUT2D eigenvalue weighted by atomic mass is 10.0. The van der Waals surface area contributed by atoms with E-state index in [2.05, 4.69) is 22.3 Å². The van der Waals surface area contributed by atoms with Crippen molar-refractivity contribution in [1.82, 2.24) is 10.2 Å². The predicted molar refractivity (Wildman–Crippen MR) is 83.9 cm³/mol. The van der Waals surface area contributed by atoms with Crippen LogP contribution in [0.4, 0.5) is 4.39 Å². The van der Waals surface area contributed by atoms with E-state index in [0.29, 0.717) is 17.1 Å². The number of hydrogen-bond acceptors (Lipinski definition) is 2. The van der Waals surface area contributed by atoms with Crippen molar-refractivity contribution in [2.24, 2.45) is 0 Å². The highest BCUT2D eigenvalue weighted by atomic mass is 35.5. The summed E-state index contributed by atoms with van der Waals surface area (Å²) >= 11 is 5.99. The van der Waals surface area contributed by atoms with Gasteiger partial charge in [0.25, 0.3) is 0 Å². The van der Waals surface area contributed by atoms with Crippen LogP contribution in [-0.4, -0.2) is 24.5 Å². The highest BCUT2D eigenvalue weighted by molar-refractivity contribution is 6.30. The van der Waals surface area contributed by atoms with E-state index >= 15 is 0 Å². The zero-order chi connectivity index (χ0) is 14.7. The van der Waals surface area contributed by atoms with Crippen LogP contribution >= 0.6 is 11.6 Å². The van der Waals surface area contributed by atoms with Crippen LogP contribution in [0.15, 0.2) is 48.5 Å². The molecule has 0 aromatic heterocycles. The van der Waals surface area contributed by atoms with Gasteiger partial charge in [0.2, 0.25) is 0 Å². The molecule has 1 saturated heterocycles. The molecule has 1 unspecified atom stereocenters. The Balaban J connectivity index is 1.83. The van der Waals surface area contributed by atoms with Crippen LogP contribution in [0.1, 0.15) is 17.2 Å². The van der Waals surface area contributed by atoms with E-state index in [1.54, 1.807) is 12.1 Å². The van der Waals surface area contributed by atoms with Crippen molar-refractivity contribution in [3.63, 3.8) is 0 Å². The van der Waals surface area contributed by atoms with Crippen LogP contribution in [0.2, 0.25) is 5.02 Å². The molecular weight excluding hydrogens is 287 g/mol. The summed E-state index contributed by atoms with van der Waals surface area (Å²) in [7, 11) is 0. The molecule has 0 bridgehead atoms. The smallest absolute Gasteiger partial charge is 0.127 e. The second kappa shape index (κ2) is 6.56. The molecule has 0 saturated carbocycles. The van der Waals surface area contributed by atoms with Crippen LogP contribution in [0.25, 0.3) is 0 Å². The molecule has 1 fully saturated rings. The molecule has 1 aliphatic rings. The highest BCUT2D eigenvalue weighted by Gasteiger charge is 2.24. The molecule has 0 amide bonds. The summed E-state index contributed by atoms with van der Waals surface area (Å²) in [4.78, 5) is 2.31. The standard InChI is InChI=1S/C17H18ClFN2/c18-15-6-7-16(19)14(10-15)12-21-9-8-20-11-17(21)13-4-2-1-3-5-13/h1-7,10,17,20H,8-9,11-12H2. The molecule has 1 atom stereocenters. The Hall–Kier alpha value is -1.42. The zero-order valence-electron chi connectivity index (χ0n) is 11.7. The van der Waals surface area contributed by atoms with E-state index in [9.17, 15) is 4.39 Å². The van der Waals surface area contributed by atoms with E-state index < -0.39 is 0 Å². The van der Waals surface area contributed by atoms with Crippen LogP contribution in [-0.2, 0) is 6.54 Å². The first-order chi connectivity index (χ1) is 10.2. The van der Waals surface area contributed by atoms with Gasteiger partial charge in [0.1, 0.15) is 5.82 Å². The number of rotatable bonds is 3. The third-order valence-corrected chi connectivity index (χ3v) is 4.15. The lowest BCUT2D eigenvalue weighted by molar-refractivity contribution is 0.152. The van der Waals surface area contributed by atoms with Gasteiger partial charge in [-0.15, -0.1) is 0 Å². The predicted octanol–water partition coefficient (Wildman–Crippen LogP) is 3.63. The molecule has 110 valence electrons. The summed E-state index contributed by atoms with van der Waals surface area (Å²) in [6.07, 6.45) is 0. The minimum Gasteiger partial charge on any atom is -0.314 e. The topological polar surface area (TPSA) is 15.3 Å². The summed E-state index contributed by atoms with van der Waals surface area (Å²) in [5.74, 6) is -0.190. The van der Waals surface area contributed by atoms with Crippen LogP contribution in [0.5, 0.6) is 0 Å². The molecule has 1 N–H and O–H groups in total. The van der Waals surface area contributed by atoms with Gasteiger partial charge in [0.15, 0.2) is 0 Å². The van der Waals surface area contributed by atoms with Crippen molar-refractivity contribution in [2.75, 3.05) is 19.6 Å². The second-order valence-corrected chi connectivity index (χ2v) is 5.77. The van der Waals surface area contributed by atoms with Gasteiger partial charge in [-0.2, -0.15) is 0 Å². The van der Waals surface area contributed by atoms with Gasteiger partial charge in [-0.3, -0.25) is 4.90 Å². The molecule has 2 aromatic rings. The third-order valence-electron chi connectivity index (χ3n) is 3.92. The molecule has 0 radical (unpaired) electrons. The van der Waals surface area contributed by atoms with Gasteiger partial charge >= 0.3 is 0 Å². The quantitative estimate of drug-likeness (QED) is 0.931. The first-order valence-corrected chi connectivity index (χ1v) is 7.55. The Labute approximate surface area is 129 Å². The van der Waals surface area contributed by atoms with Crippen molar-refractivity contribution >= 4 is 11.6 Å². The first kappa shape index (κ1) is 14.5. The van der Waals surface area contributed by atoms with Gasteiger partial charge in [-0.05, 0) is 23.8 Å². The number of nitrogens with zero attached hydrogens (tertiary/aromatic N) is 1. The zero-order valence-corrected chi connectivity index (χ0v) is 12.5. The molecule has 2 nitrogen and oxygen atoms in total. The number of benzene rings is 2. The summed E-state index contributed by atoms with van der Waals surface area (Å²) in [6, 6.07) is 15.4.